The number of likely N-dealkylation sites (N-methyl/N-ethyl adjacent to an activating group) is 1. The maximum Gasteiger partial charge on any atom is 0.239 e. The molecule has 108 valence electrons. The third-order valence-corrected chi connectivity index (χ3v) is 3.15. The van der Waals surface area contributed by atoms with Crippen LogP contribution in [0.1, 0.15) is 20.3 Å². The Morgan fingerprint density at radius 3 is 2.58 bits per heavy atom. The minimum absolute atomic E-state index is 0.0103. The fourth-order valence-corrected chi connectivity index (χ4v) is 1.83. The molecule has 19 heavy (non-hydrogen) atoms. The molecule has 0 aliphatic carbocycles. The zero-order chi connectivity index (χ0) is 14.6. The second-order valence-corrected chi connectivity index (χ2v) is 5.23. The number of carbonyl (C=O) groups is 3. The molecule has 0 aromatic rings. The van der Waals surface area contributed by atoms with Gasteiger partial charge < -0.3 is 21.3 Å². The molecule has 0 aromatic carbocycles. The number of nitrogens with one attached hydrogen (secondary N) is 2. The quantitative estimate of drug-likeness (QED) is 0.561. The van der Waals surface area contributed by atoms with E-state index in [-0.39, 0.29) is 36.2 Å². The molecule has 0 bridgehead atoms. The van der Waals surface area contributed by atoms with Gasteiger partial charge in [0, 0.05) is 20.0 Å². The van der Waals surface area contributed by atoms with E-state index in [0.29, 0.717) is 13.0 Å². The van der Waals surface area contributed by atoms with Crippen LogP contribution in [0.5, 0.6) is 0 Å². The molecule has 0 radical (unpaired) electrons. The highest BCUT2D eigenvalue weighted by molar-refractivity contribution is 5.88. The molecule has 0 aromatic heterocycles. The Balaban J connectivity index is 2.29. The first-order chi connectivity index (χ1) is 8.81. The average Bonchev–Trinajstić information content (AvgIpc) is 2.64. The molecular weight excluding hydrogens is 248 g/mol. The number of nitrogens with two attached hydrogens (primary N) is 1. The highest BCUT2D eigenvalue weighted by Gasteiger charge is 2.28. The van der Waals surface area contributed by atoms with Crippen LogP contribution in [0.3, 0.4) is 0 Å². The standard InChI is InChI=1S/C12H22N4O3/c1-7(2)11(13)12(19)14-5-9(17)15-8-4-10(18)16(3)6-8/h7-8,11H,4-6,13H2,1-3H3,(H,14,19)(H,15,17)/t8?,11-/m0/s1. The van der Waals surface area contributed by atoms with Gasteiger partial charge in [0.2, 0.25) is 17.7 Å². The number of carbonyl (C=O) groups excluding carboxylic acids is 3. The van der Waals surface area contributed by atoms with E-state index in [1.54, 1.807) is 11.9 Å². The molecule has 7 heteroatoms. The van der Waals surface area contributed by atoms with Crippen LogP contribution in [-0.2, 0) is 14.4 Å². The summed E-state index contributed by atoms with van der Waals surface area (Å²) in [4.78, 5) is 36.0. The molecule has 3 amide bonds. The summed E-state index contributed by atoms with van der Waals surface area (Å²) in [5, 5.41) is 5.19. The van der Waals surface area contributed by atoms with Crippen LogP contribution in [0.4, 0.5) is 0 Å². The van der Waals surface area contributed by atoms with Crippen LogP contribution < -0.4 is 16.4 Å². The van der Waals surface area contributed by atoms with Gasteiger partial charge in [-0.1, -0.05) is 13.8 Å². The SMILES string of the molecule is CC(C)[C@H](N)C(=O)NCC(=O)NC1CC(=O)N(C)C1. The molecule has 1 saturated heterocycles. The number of hydrogen-bond donors (Lipinski definition) is 3. The summed E-state index contributed by atoms with van der Waals surface area (Å²) in [6.07, 6.45) is 0.307. The van der Waals surface area contributed by atoms with Gasteiger partial charge in [-0.2, -0.15) is 0 Å². The van der Waals surface area contributed by atoms with Crippen molar-refractivity contribution in [2.24, 2.45) is 11.7 Å². The van der Waals surface area contributed by atoms with E-state index >= 15 is 0 Å². The fourth-order valence-electron chi connectivity index (χ4n) is 1.83. The first-order valence-electron chi connectivity index (χ1n) is 6.38. The van der Waals surface area contributed by atoms with Crippen LogP contribution in [0.2, 0.25) is 0 Å². The van der Waals surface area contributed by atoms with E-state index in [1.165, 1.54) is 0 Å². The predicted molar refractivity (Wildman–Crippen MR) is 70.0 cm³/mol. The molecule has 1 fully saturated rings. The monoisotopic (exact) mass is 270 g/mol. The fraction of sp³-hybridized carbons (Fsp3) is 0.750. The maximum absolute atomic E-state index is 11.6. The lowest BCUT2D eigenvalue weighted by atomic mass is 10.1. The maximum atomic E-state index is 11.6. The molecule has 1 aliphatic heterocycles. The van der Waals surface area contributed by atoms with Gasteiger partial charge in [0.05, 0.1) is 18.6 Å². The van der Waals surface area contributed by atoms with Crippen molar-refractivity contribution in [2.45, 2.75) is 32.4 Å². The van der Waals surface area contributed by atoms with Crippen molar-refractivity contribution in [1.29, 1.82) is 0 Å². The molecule has 1 aliphatic rings. The summed E-state index contributed by atoms with van der Waals surface area (Å²) < 4.78 is 0. The number of hydrogen-bond acceptors (Lipinski definition) is 4. The Kier molecular flexibility index (Phi) is 5.29. The normalized spacial score (nSPS) is 20.6. The van der Waals surface area contributed by atoms with Crippen molar-refractivity contribution in [3.05, 3.63) is 0 Å². The van der Waals surface area contributed by atoms with Gasteiger partial charge in [-0.15, -0.1) is 0 Å². The molecule has 0 saturated carbocycles. The van der Waals surface area contributed by atoms with Crippen LogP contribution >= 0.6 is 0 Å². The highest BCUT2D eigenvalue weighted by atomic mass is 16.2. The van der Waals surface area contributed by atoms with E-state index in [1.807, 2.05) is 13.8 Å². The van der Waals surface area contributed by atoms with E-state index in [0.717, 1.165) is 0 Å². The number of nitrogens with zero attached hydrogens (tertiary/aromatic N) is 1. The minimum Gasteiger partial charge on any atom is -0.350 e. The van der Waals surface area contributed by atoms with Crippen LogP contribution in [-0.4, -0.2) is 54.8 Å². The van der Waals surface area contributed by atoms with Crippen molar-refractivity contribution in [2.75, 3.05) is 20.1 Å². The first kappa shape index (κ1) is 15.4. The Labute approximate surface area is 112 Å². The summed E-state index contributed by atoms with van der Waals surface area (Å²) in [7, 11) is 1.69. The molecule has 4 N–H and O–H groups in total. The summed E-state index contributed by atoms with van der Waals surface area (Å²) in [5.41, 5.74) is 5.65. The molecule has 1 unspecified atom stereocenters. The van der Waals surface area contributed by atoms with Gasteiger partial charge in [0.1, 0.15) is 0 Å². The lowest BCUT2D eigenvalue weighted by molar-refractivity contribution is -0.127. The summed E-state index contributed by atoms with van der Waals surface area (Å²) in [6, 6.07) is -0.798. The Bertz CT molecular complexity index is 370. The van der Waals surface area contributed by atoms with Crippen molar-refractivity contribution < 1.29 is 14.4 Å². The van der Waals surface area contributed by atoms with E-state index in [4.69, 9.17) is 5.73 Å². The van der Waals surface area contributed by atoms with E-state index in [2.05, 4.69) is 10.6 Å². The minimum atomic E-state index is -0.619. The Morgan fingerprint density at radius 2 is 2.11 bits per heavy atom. The lowest BCUT2D eigenvalue weighted by Gasteiger charge is -2.16. The second kappa shape index (κ2) is 6.51. The van der Waals surface area contributed by atoms with Crippen molar-refractivity contribution in [1.82, 2.24) is 15.5 Å². The lowest BCUT2D eigenvalue weighted by Crippen LogP contribution is -2.48. The number of amides is 3. The topological polar surface area (TPSA) is 105 Å². The van der Waals surface area contributed by atoms with Gasteiger partial charge in [0.15, 0.2) is 0 Å². The smallest absolute Gasteiger partial charge is 0.239 e. The van der Waals surface area contributed by atoms with E-state index in [9.17, 15) is 14.4 Å². The van der Waals surface area contributed by atoms with E-state index < -0.39 is 6.04 Å². The van der Waals surface area contributed by atoms with Gasteiger partial charge in [-0.3, -0.25) is 14.4 Å². The predicted octanol–water partition coefficient (Wildman–Crippen LogP) is -1.57. The molecule has 7 nitrogen and oxygen atoms in total. The highest BCUT2D eigenvalue weighted by Crippen LogP contribution is 2.07. The zero-order valence-electron chi connectivity index (χ0n) is 11.6. The average molecular weight is 270 g/mol. The zero-order valence-corrected chi connectivity index (χ0v) is 11.6. The van der Waals surface area contributed by atoms with Crippen LogP contribution in [0, 0.1) is 5.92 Å². The van der Waals surface area contributed by atoms with Gasteiger partial charge in [-0.05, 0) is 5.92 Å². The van der Waals surface area contributed by atoms with Crippen LogP contribution in [0.25, 0.3) is 0 Å². The van der Waals surface area contributed by atoms with Crippen molar-refractivity contribution >= 4 is 17.7 Å². The van der Waals surface area contributed by atoms with Crippen LogP contribution in [0.15, 0.2) is 0 Å². The van der Waals surface area contributed by atoms with Gasteiger partial charge in [0.25, 0.3) is 0 Å². The van der Waals surface area contributed by atoms with Gasteiger partial charge in [-0.25, -0.2) is 0 Å². The largest absolute Gasteiger partial charge is 0.350 e. The number of likely N-dealkylation sites (tertiary alicyclic amines) is 1. The Hall–Kier alpha value is -1.63. The van der Waals surface area contributed by atoms with Crippen molar-refractivity contribution in [3.63, 3.8) is 0 Å². The third-order valence-electron chi connectivity index (χ3n) is 3.15. The molecule has 2 atom stereocenters. The number of rotatable bonds is 5. The summed E-state index contributed by atoms with van der Waals surface area (Å²) >= 11 is 0. The molecule has 1 rings (SSSR count). The Morgan fingerprint density at radius 1 is 1.47 bits per heavy atom. The molecule has 0 spiro atoms. The van der Waals surface area contributed by atoms with Crippen molar-refractivity contribution in [3.8, 4) is 0 Å². The summed E-state index contributed by atoms with van der Waals surface area (Å²) in [5.74, 6) is -0.623. The third kappa shape index (κ3) is 4.51. The van der Waals surface area contributed by atoms with Gasteiger partial charge >= 0.3 is 0 Å². The molecule has 1 heterocycles. The molecular formula is C12H22N4O3. The first-order valence-corrected chi connectivity index (χ1v) is 6.38. The summed E-state index contributed by atoms with van der Waals surface area (Å²) in [6.45, 7) is 4.06. The second-order valence-electron chi connectivity index (χ2n) is 5.23.